The van der Waals surface area contributed by atoms with Gasteiger partial charge in [0.25, 0.3) is 0 Å². The normalized spacial score (nSPS) is 11.7. The molecule has 11 aromatic rings. The molecule has 0 atom stereocenters. The molecule has 5 heteroatoms. The van der Waals surface area contributed by atoms with Gasteiger partial charge in [0.15, 0.2) is 5.58 Å². The van der Waals surface area contributed by atoms with Crippen molar-refractivity contribution >= 4 is 72.0 Å². The molecule has 54 heavy (non-hydrogen) atoms. The Kier molecular flexibility index (Phi) is 6.79. The molecule has 8 aromatic carbocycles. The molecule has 0 unspecified atom stereocenters. The molecule has 0 saturated heterocycles. The average molecular weight is 695 g/mol. The molecule has 3 aromatic heterocycles. The minimum atomic E-state index is 0.566. The second-order valence-corrected chi connectivity index (χ2v) is 13.5. The predicted molar refractivity (Wildman–Crippen MR) is 220 cm³/mol. The molecule has 0 aliphatic heterocycles. The summed E-state index contributed by atoms with van der Waals surface area (Å²) in [4.78, 5) is 7.29. The zero-order valence-corrected chi connectivity index (χ0v) is 28.9. The Hall–Kier alpha value is -7.37. The first kappa shape index (κ1) is 30.3. The number of aromatic nitrogens is 1. The molecule has 0 aliphatic carbocycles. The fourth-order valence-corrected chi connectivity index (χ4v) is 7.84. The minimum Gasteiger partial charge on any atom is -0.456 e. The third-order valence-corrected chi connectivity index (χ3v) is 10.3. The molecule has 11 rings (SSSR count). The van der Waals surface area contributed by atoms with Crippen molar-refractivity contribution in [2.45, 2.75) is 0 Å². The number of anilines is 3. The predicted octanol–water partition coefficient (Wildman–Crippen LogP) is 14.1. The highest BCUT2D eigenvalue weighted by atomic mass is 16.4. The van der Waals surface area contributed by atoms with E-state index < -0.39 is 0 Å². The lowest BCUT2D eigenvalue weighted by Gasteiger charge is -2.26. The van der Waals surface area contributed by atoms with Crippen LogP contribution in [-0.4, -0.2) is 4.98 Å². The lowest BCUT2D eigenvalue weighted by atomic mass is 10.0. The van der Waals surface area contributed by atoms with Crippen molar-refractivity contribution in [1.82, 2.24) is 4.98 Å². The van der Waals surface area contributed by atoms with E-state index in [1.807, 2.05) is 72.8 Å². The van der Waals surface area contributed by atoms with Gasteiger partial charge in [0.05, 0.1) is 11.1 Å². The van der Waals surface area contributed by atoms with E-state index in [9.17, 15) is 0 Å². The number of hydrogen-bond donors (Lipinski definition) is 0. The fourth-order valence-electron chi connectivity index (χ4n) is 7.84. The lowest BCUT2D eigenvalue weighted by molar-refractivity contribution is 0.621. The van der Waals surface area contributed by atoms with Gasteiger partial charge in [-0.15, -0.1) is 0 Å². The molecule has 254 valence electrons. The van der Waals surface area contributed by atoms with Gasteiger partial charge in [-0.3, -0.25) is 0 Å². The molecule has 0 saturated carbocycles. The largest absolute Gasteiger partial charge is 0.456 e. The van der Waals surface area contributed by atoms with Crippen molar-refractivity contribution in [2.75, 3.05) is 4.90 Å². The Bertz CT molecular complexity index is 3150. The van der Waals surface area contributed by atoms with Crippen LogP contribution >= 0.6 is 0 Å². The molecule has 0 amide bonds. The number of nitrogens with zero attached hydrogens (tertiary/aromatic N) is 2. The van der Waals surface area contributed by atoms with Crippen LogP contribution in [-0.2, 0) is 0 Å². The smallest absolute Gasteiger partial charge is 0.228 e. The van der Waals surface area contributed by atoms with E-state index in [-0.39, 0.29) is 0 Å². The SMILES string of the molecule is c1ccc(-c2ccc(N(c3ccc(-c4cccc5nc(-c6cccc7oc8ccccc8c67)oc45)cc3)c3cccc4oc5ccccc5c34)cc2)cc1. The molecule has 0 N–H and O–H groups in total. The molecule has 0 spiro atoms. The van der Waals surface area contributed by atoms with Gasteiger partial charge >= 0.3 is 0 Å². The molecule has 0 fully saturated rings. The summed E-state index contributed by atoms with van der Waals surface area (Å²) in [6, 6.07) is 62.7. The highest BCUT2D eigenvalue weighted by Gasteiger charge is 2.21. The summed E-state index contributed by atoms with van der Waals surface area (Å²) in [6.07, 6.45) is 0. The Morgan fingerprint density at radius 1 is 0.370 bits per heavy atom. The standard InChI is InChI=1S/C49H30N2O3/c1-2-11-31(12-3-1)32-23-27-34(28-24-32)51(41-18-10-22-45-47(41)38-14-5-7-20-43(38)53-45)35-29-25-33(26-30-35)36-15-8-17-40-48(36)54-49(50-40)39-16-9-21-44-46(39)37-13-4-6-19-42(37)52-44/h1-30H. The van der Waals surface area contributed by atoms with Gasteiger partial charge in [-0.05, 0) is 83.4 Å². The Morgan fingerprint density at radius 2 is 0.907 bits per heavy atom. The van der Waals surface area contributed by atoms with Crippen molar-refractivity contribution in [3.63, 3.8) is 0 Å². The second kappa shape index (κ2) is 12.1. The van der Waals surface area contributed by atoms with Crippen molar-refractivity contribution in [1.29, 1.82) is 0 Å². The van der Waals surface area contributed by atoms with E-state index in [4.69, 9.17) is 18.2 Å². The number of rotatable bonds is 6. The Labute approximate surface area is 309 Å². The van der Waals surface area contributed by atoms with Gasteiger partial charge in [-0.1, -0.05) is 115 Å². The van der Waals surface area contributed by atoms with E-state index in [0.717, 1.165) is 88.7 Å². The zero-order chi connectivity index (χ0) is 35.6. The summed E-state index contributed by atoms with van der Waals surface area (Å²) in [5.74, 6) is 0.566. The van der Waals surface area contributed by atoms with Crippen molar-refractivity contribution < 1.29 is 13.3 Å². The second-order valence-electron chi connectivity index (χ2n) is 13.5. The summed E-state index contributed by atoms with van der Waals surface area (Å²) in [5.41, 5.74) is 13.3. The topological polar surface area (TPSA) is 55.6 Å². The van der Waals surface area contributed by atoms with Gasteiger partial charge in [-0.25, -0.2) is 4.98 Å². The van der Waals surface area contributed by atoms with Gasteiger partial charge < -0.3 is 18.2 Å². The van der Waals surface area contributed by atoms with E-state index in [1.165, 1.54) is 11.1 Å². The summed E-state index contributed by atoms with van der Waals surface area (Å²) < 4.78 is 19.1. The first-order valence-corrected chi connectivity index (χ1v) is 18.0. The lowest BCUT2D eigenvalue weighted by Crippen LogP contribution is -2.10. The number of furan rings is 2. The van der Waals surface area contributed by atoms with Gasteiger partial charge in [-0.2, -0.15) is 0 Å². The van der Waals surface area contributed by atoms with E-state index in [1.54, 1.807) is 0 Å². The zero-order valence-electron chi connectivity index (χ0n) is 28.9. The molecule has 5 nitrogen and oxygen atoms in total. The van der Waals surface area contributed by atoms with E-state index in [0.29, 0.717) is 5.89 Å². The monoisotopic (exact) mass is 694 g/mol. The number of para-hydroxylation sites is 3. The quantitative estimate of drug-likeness (QED) is 0.173. The van der Waals surface area contributed by atoms with Gasteiger partial charge in [0.1, 0.15) is 27.8 Å². The maximum atomic E-state index is 6.64. The fraction of sp³-hybridized carbons (Fsp3) is 0. The molecule has 0 radical (unpaired) electrons. The molecule has 0 bridgehead atoms. The highest BCUT2D eigenvalue weighted by molar-refractivity contribution is 6.14. The van der Waals surface area contributed by atoms with Crippen molar-refractivity contribution in [3.8, 4) is 33.7 Å². The third kappa shape index (κ3) is 4.83. The molecule has 0 aliphatic rings. The molecular weight excluding hydrogens is 665 g/mol. The molecular formula is C49H30N2O3. The summed E-state index contributed by atoms with van der Waals surface area (Å²) >= 11 is 0. The maximum Gasteiger partial charge on any atom is 0.228 e. The number of oxazole rings is 1. The van der Waals surface area contributed by atoms with Crippen LogP contribution < -0.4 is 4.90 Å². The van der Waals surface area contributed by atoms with Crippen molar-refractivity contribution in [3.05, 3.63) is 182 Å². The van der Waals surface area contributed by atoms with Crippen molar-refractivity contribution in [2.24, 2.45) is 0 Å². The van der Waals surface area contributed by atoms with Crippen LogP contribution in [0.25, 0.3) is 88.7 Å². The summed E-state index contributed by atoms with van der Waals surface area (Å²) in [6.45, 7) is 0. The average Bonchev–Trinajstić information content (AvgIpc) is 3.96. The summed E-state index contributed by atoms with van der Waals surface area (Å²) in [5, 5.41) is 4.20. The third-order valence-electron chi connectivity index (χ3n) is 10.3. The first-order valence-electron chi connectivity index (χ1n) is 18.0. The van der Waals surface area contributed by atoms with Crippen LogP contribution in [0.4, 0.5) is 17.1 Å². The number of benzene rings is 8. The van der Waals surface area contributed by atoms with Crippen LogP contribution in [0.5, 0.6) is 0 Å². The van der Waals surface area contributed by atoms with Gasteiger partial charge in [0, 0.05) is 38.7 Å². The summed E-state index contributed by atoms with van der Waals surface area (Å²) in [7, 11) is 0. The van der Waals surface area contributed by atoms with Crippen LogP contribution in [0.1, 0.15) is 0 Å². The maximum absolute atomic E-state index is 6.64. The Balaban J connectivity index is 1.03. The number of fused-ring (bicyclic) bond motifs is 7. The van der Waals surface area contributed by atoms with Gasteiger partial charge in [0.2, 0.25) is 5.89 Å². The van der Waals surface area contributed by atoms with E-state index in [2.05, 4.69) is 114 Å². The van der Waals surface area contributed by atoms with E-state index >= 15 is 0 Å². The number of hydrogen-bond acceptors (Lipinski definition) is 5. The molecule has 3 heterocycles. The minimum absolute atomic E-state index is 0.566. The van der Waals surface area contributed by atoms with Crippen LogP contribution in [0.3, 0.4) is 0 Å². The highest BCUT2D eigenvalue weighted by Crippen LogP contribution is 2.44. The van der Waals surface area contributed by atoms with Crippen LogP contribution in [0.2, 0.25) is 0 Å². The first-order chi connectivity index (χ1) is 26.8. The van der Waals surface area contributed by atoms with Crippen LogP contribution in [0, 0.1) is 0 Å². The Morgan fingerprint density at radius 3 is 1.63 bits per heavy atom. The van der Waals surface area contributed by atoms with Crippen LogP contribution in [0.15, 0.2) is 195 Å².